The van der Waals surface area contributed by atoms with E-state index in [1.807, 2.05) is 0 Å². The Morgan fingerprint density at radius 3 is 2.67 bits per heavy atom. The second-order valence-electron chi connectivity index (χ2n) is 5.66. The lowest BCUT2D eigenvalue weighted by Crippen LogP contribution is -2.41. The van der Waals surface area contributed by atoms with E-state index >= 15 is 0 Å². The molecule has 2 aliphatic heterocycles. The summed E-state index contributed by atoms with van der Waals surface area (Å²) in [4.78, 5) is 0. The Labute approximate surface area is 110 Å². The maximum Gasteiger partial charge on any atom is 0.157 e. The molecule has 1 N–H and O–H groups in total. The van der Waals surface area contributed by atoms with Gasteiger partial charge >= 0.3 is 0 Å². The van der Waals surface area contributed by atoms with E-state index in [2.05, 4.69) is 13.8 Å². The minimum Gasteiger partial charge on any atom is -0.368 e. The van der Waals surface area contributed by atoms with Crippen molar-refractivity contribution in [2.24, 2.45) is 5.92 Å². The zero-order chi connectivity index (χ0) is 13.0. The van der Waals surface area contributed by atoms with Gasteiger partial charge in [0.15, 0.2) is 12.6 Å². The van der Waals surface area contributed by atoms with Gasteiger partial charge in [-0.1, -0.05) is 6.92 Å². The van der Waals surface area contributed by atoms with Gasteiger partial charge in [-0.05, 0) is 44.9 Å². The van der Waals surface area contributed by atoms with Gasteiger partial charge in [0.25, 0.3) is 0 Å². The maximum atomic E-state index is 9.10. The van der Waals surface area contributed by atoms with E-state index in [0.717, 1.165) is 38.7 Å². The van der Waals surface area contributed by atoms with E-state index in [4.69, 9.17) is 19.3 Å². The van der Waals surface area contributed by atoms with Crippen LogP contribution in [-0.4, -0.2) is 36.5 Å². The minimum absolute atomic E-state index is 0.00540. The van der Waals surface area contributed by atoms with E-state index in [1.165, 1.54) is 6.42 Å². The van der Waals surface area contributed by atoms with Gasteiger partial charge < -0.3 is 19.3 Å². The summed E-state index contributed by atoms with van der Waals surface area (Å²) in [6.45, 7) is 5.13. The first-order chi connectivity index (χ1) is 8.65. The monoisotopic (exact) mass is 258 g/mol. The van der Waals surface area contributed by atoms with Crippen LogP contribution in [0.15, 0.2) is 0 Å². The Balaban J connectivity index is 1.57. The molecule has 5 unspecified atom stereocenters. The Hall–Kier alpha value is -0.160. The first-order valence-corrected chi connectivity index (χ1v) is 7.25. The zero-order valence-electron chi connectivity index (χ0n) is 11.5. The van der Waals surface area contributed by atoms with Crippen LogP contribution in [0, 0.1) is 5.92 Å². The van der Waals surface area contributed by atoms with Crippen molar-refractivity contribution < 1.29 is 19.3 Å². The lowest BCUT2D eigenvalue weighted by Gasteiger charge is -2.36. The van der Waals surface area contributed by atoms with Crippen LogP contribution in [-0.2, 0) is 14.2 Å². The summed E-state index contributed by atoms with van der Waals surface area (Å²) in [5.74, 6) is 0.492. The summed E-state index contributed by atoms with van der Waals surface area (Å²) in [7, 11) is 0. The molecule has 2 aliphatic rings. The zero-order valence-corrected chi connectivity index (χ0v) is 11.5. The highest BCUT2D eigenvalue weighted by Gasteiger charge is 2.32. The second-order valence-corrected chi connectivity index (χ2v) is 5.66. The Kier molecular flexibility index (Phi) is 5.42. The molecule has 2 rings (SSSR count). The van der Waals surface area contributed by atoms with E-state index in [0.29, 0.717) is 5.92 Å². The molecule has 0 aromatic carbocycles. The molecule has 0 aromatic heterocycles. The SMILES string of the molecule is CC(CCC(C)C1CC(O)O1)OC1CCCCO1. The van der Waals surface area contributed by atoms with E-state index < -0.39 is 6.29 Å². The van der Waals surface area contributed by atoms with Crippen LogP contribution in [0.5, 0.6) is 0 Å². The topological polar surface area (TPSA) is 47.9 Å². The van der Waals surface area contributed by atoms with Crippen molar-refractivity contribution in [3.8, 4) is 0 Å². The van der Waals surface area contributed by atoms with Gasteiger partial charge in [-0.2, -0.15) is 0 Å². The molecule has 0 bridgehead atoms. The van der Waals surface area contributed by atoms with Crippen molar-refractivity contribution in [2.75, 3.05) is 6.61 Å². The molecule has 4 heteroatoms. The van der Waals surface area contributed by atoms with Crippen LogP contribution < -0.4 is 0 Å². The van der Waals surface area contributed by atoms with Crippen molar-refractivity contribution in [2.45, 2.75) is 77.2 Å². The quantitative estimate of drug-likeness (QED) is 0.795. The van der Waals surface area contributed by atoms with Crippen molar-refractivity contribution in [1.82, 2.24) is 0 Å². The fourth-order valence-corrected chi connectivity index (χ4v) is 2.58. The summed E-state index contributed by atoms with van der Waals surface area (Å²) < 4.78 is 16.7. The third-order valence-electron chi connectivity index (χ3n) is 3.95. The van der Waals surface area contributed by atoms with Gasteiger partial charge in [-0.25, -0.2) is 0 Å². The highest BCUT2D eigenvalue weighted by molar-refractivity contribution is 4.76. The van der Waals surface area contributed by atoms with E-state index in [1.54, 1.807) is 0 Å². The molecule has 2 fully saturated rings. The van der Waals surface area contributed by atoms with Crippen LogP contribution in [0.4, 0.5) is 0 Å². The lowest BCUT2D eigenvalue weighted by molar-refractivity contribution is -0.247. The van der Waals surface area contributed by atoms with Crippen LogP contribution in [0.2, 0.25) is 0 Å². The van der Waals surface area contributed by atoms with Gasteiger partial charge in [0, 0.05) is 13.0 Å². The first-order valence-electron chi connectivity index (χ1n) is 7.25. The van der Waals surface area contributed by atoms with Crippen molar-refractivity contribution in [3.05, 3.63) is 0 Å². The summed E-state index contributed by atoms with van der Waals surface area (Å²) in [6.07, 6.45) is 6.22. The predicted molar refractivity (Wildman–Crippen MR) is 68.0 cm³/mol. The van der Waals surface area contributed by atoms with Crippen LogP contribution in [0.25, 0.3) is 0 Å². The normalized spacial score (nSPS) is 35.8. The molecular formula is C14H26O4. The van der Waals surface area contributed by atoms with E-state index in [-0.39, 0.29) is 18.5 Å². The highest BCUT2D eigenvalue weighted by atomic mass is 16.7. The summed E-state index contributed by atoms with van der Waals surface area (Å²) in [5.41, 5.74) is 0. The van der Waals surface area contributed by atoms with Crippen molar-refractivity contribution in [1.29, 1.82) is 0 Å². The number of aliphatic hydroxyl groups excluding tert-OH is 1. The number of hydrogen-bond donors (Lipinski definition) is 1. The third-order valence-corrected chi connectivity index (χ3v) is 3.95. The number of hydrogen-bond acceptors (Lipinski definition) is 4. The predicted octanol–water partition coefficient (Wildman–Crippen LogP) is 2.44. The fourth-order valence-electron chi connectivity index (χ4n) is 2.58. The van der Waals surface area contributed by atoms with Gasteiger partial charge in [0.05, 0.1) is 12.2 Å². The molecule has 0 spiro atoms. The van der Waals surface area contributed by atoms with Crippen LogP contribution in [0.1, 0.15) is 52.4 Å². The summed E-state index contributed by atoms with van der Waals surface area (Å²) in [5, 5.41) is 9.10. The van der Waals surface area contributed by atoms with Gasteiger partial charge in [0.2, 0.25) is 0 Å². The third kappa shape index (κ3) is 4.19. The Morgan fingerprint density at radius 1 is 1.28 bits per heavy atom. The second kappa shape index (κ2) is 6.85. The molecular weight excluding hydrogens is 232 g/mol. The average Bonchev–Trinajstić information content (AvgIpc) is 2.33. The van der Waals surface area contributed by atoms with Crippen LogP contribution >= 0.6 is 0 Å². The van der Waals surface area contributed by atoms with Crippen LogP contribution in [0.3, 0.4) is 0 Å². The standard InChI is InChI=1S/C14H26O4/c1-10(12-9-13(15)18-12)6-7-11(2)17-14-5-3-4-8-16-14/h10-15H,3-9H2,1-2H3. The molecule has 5 atom stereocenters. The maximum absolute atomic E-state index is 9.10. The average molecular weight is 258 g/mol. The van der Waals surface area contributed by atoms with E-state index in [9.17, 15) is 0 Å². The molecule has 0 aliphatic carbocycles. The first kappa shape index (κ1) is 14.3. The molecule has 0 radical (unpaired) electrons. The molecule has 106 valence electrons. The number of ether oxygens (including phenoxy) is 3. The molecule has 0 amide bonds. The fraction of sp³-hybridized carbons (Fsp3) is 1.00. The number of rotatable bonds is 6. The molecule has 4 nitrogen and oxygen atoms in total. The molecule has 2 saturated heterocycles. The molecule has 0 saturated carbocycles. The van der Waals surface area contributed by atoms with Gasteiger partial charge in [0.1, 0.15) is 0 Å². The van der Waals surface area contributed by atoms with Crippen molar-refractivity contribution >= 4 is 0 Å². The number of aliphatic hydroxyl groups is 1. The smallest absolute Gasteiger partial charge is 0.157 e. The summed E-state index contributed by atoms with van der Waals surface area (Å²) in [6, 6.07) is 0. The van der Waals surface area contributed by atoms with Gasteiger partial charge in [-0.3, -0.25) is 0 Å². The molecule has 18 heavy (non-hydrogen) atoms. The Morgan fingerprint density at radius 2 is 2.06 bits per heavy atom. The largest absolute Gasteiger partial charge is 0.368 e. The van der Waals surface area contributed by atoms with Gasteiger partial charge in [-0.15, -0.1) is 0 Å². The molecule has 2 heterocycles. The summed E-state index contributed by atoms with van der Waals surface area (Å²) >= 11 is 0. The Bertz CT molecular complexity index is 234. The molecule has 0 aromatic rings. The minimum atomic E-state index is -0.526. The van der Waals surface area contributed by atoms with Crippen molar-refractivity contribution in [3.63, 3.8) is 0 Å². The highest BCUT2D eigenvalue weighted by Crippen LogP contribution is 2.28. The lowest BCUT2D eigenvalue weighted by atomic mass is 9.92.